The van der Waals surface area contributed by atoms with Crippen LogP contribution in [0.25, 0.3) is 0 Å². The third-order valence-corrected chi connectivity index (χ3v) is 3.18. The van der Waals surface area contributed by atoms with Crippen LogP contribution in [0.5, 0.6) is 5.75 Å². The summed E-state index contributed by atoms with van der Waals surface area (Å²) in [5.74, 6) is -1.29. The van der Waals surface area contributed by atoms with Crippen molar-refractivity contribution in [3.63, 3.8) is 0 Å². The molecule has 1 heterocycles. The van der Waals surface area contributed by atoms with Gasteiger partial charge in [-0.05, 0) is 24.6 Å². The minimum atomic E-state index is -4.88. The standard InChI is InChI=1S/C16H16F3N3O3/c1-2-3-10-22-14(23)9-8-12(21-22)15(24)20-11-6-4-5-7-13(11)25-16(17,18)19/h4-9H,2-3,10H2,1H3,(H,20,24). The van der Waals surface area contributed by atoms with E-state index in [0.717, 1.165) is 17.2 Å². The molecule has 0 saturated heterocycles. The molecular formula is C16H16F3N3O3. The molecule has 6 nitrogen and oxygen atoms in total. The first-order chi connectivity index (χ1) is 11.8. The Labute approximate surface area is 141 Å². The molecule has 0 atom stereocenters. The first kappa shape index (κ1) is 18.5. The van der Waals surface area contributed by atoms with Gasteiger partial charge in [0.05, 0.1) is 5.69 Å². The Morgan fingerprint density at radius 2 is 1.96 bits per heavy atom. The number of anilines is 1. The van der Waals surface area contributed by atoms with Crippen LogP contribution in [0, 0.1) is 0 Å². The van der Waals surface area contributed by atoms with Gasteiger partial charge in [-0.25, -0.2) is 4.68 Å². The summed E-state index contributed by atoms with van der Waals surface area (Å²) in [6.45, 7) is 2.30. The van der Waals surface area contributed by atoms with Gasteiger partial charge < -0.3 is 10.1 Å². The number of amides is 1. The number of benzene rings is 1. The number of aromatic nitrogens is 2. The molecule has 0 radical (unpaired) electrons. The zero-order valence-corrected chi connectivity index (χ0v) is 13.3. The number of hydrogen-bond acceptors (Lipinski definition) is 4. The Morgan fingerprint density at radius 3 is 2.64 bits per heavy atom. The van der Waals surface area contributed by atoms with Crippen LogP contribution in [-0.2, 0) is 6.54 Å². The molecule has 2 rings (SSSR count). The number of rotatable bonds is 6. The minimum Gasteiger partial charge on any atom is -0.404 e. The summed E-state index contributed by atoms with van der Waals surface area (Å²) >= 11 is 0. The molecule has 0 unspecified atom stereocenters. The lowest BCUT2D eigenvalue weighted by Crippen LogP contribution is -2.26. The van der Waals surface area contributed by atoms with Crippen LogP contribution in [-0.4, -0.2) is 22.1 Å². The van der Waals surface area contributed by atoms with Gasteiger partial charge in [0.2, 0.25) is 0 Å². The van der Waals surface area contributed by atoms with E-state index < -0.39 is 18.0 Å². The van der Waals surface area contributed by atoms with Crippen molar-refractivity contribution >= 4 is 11.6 Å². The van der Waals surface area contributed by atoms with Crippen LogP contribution in [0.15, 0.2) is 41.2 Å². The van der Waals surface area contributed by atoms with Crippen LogP contribution >= 0.6 is 0 Å². The number of hydrogen-bond donors (Lipinski definition) is 1. The Kier molecular flexibility index (Phi) is 5.79. The van der Waals surface area contributed by atoms with E-state index in [4.69, 9.17) is 0 Å². The Balaban J connectivity index is 2.22. The number of aryl methyl sites for hydroxylation is 1. The molecule has 0 saturated carbocycles. The Morgan fingerprint density at radius 1 is 1.24 bits per heavy atom. The number of carbonyl (C=O) groups is 1. The molecule has 25 heavy (non-hydrogen) atoms. The maximum Gasteiger partial charge on any atom is 0.573 e. The smallest absolute Gasteiger partial charge is 0.404 e. The summed E-state index contributed by atoms with van der Waals surface area (Å²) in [6, 6.07) is 7.56. The highest BCUT2D eigenvalue weighted by atomic mass is 19.4. The number of para-hydroxylation sites is 2. The van der Waals surface area contributed by atoms with E-state index in [9.17, 15) is 22.8 Å². The molecule has 0 spiro atoms. The van der Waals surface area contributed by atoms with Crippen LogP contribution in [0.2, 0.25) is 0 Å². The summed E-state index contributed by atoms with van der Waals surface area (Å²) in [4.78, 5) is 23.9. The summed E-state index contributed by atoms with van der Waals surface area (Å²) in [6.07, 6.45) is -3.33. The van der Waals surface area contributed by atoms with E-state index in [1.165, 1.54) is 30.3 Å². The zero-order chi connectivity index (χ0) is 18.4. The van der Waals surface area contributed by atoms with Crippen molar-refractivity contribution in [2.75, 3.05) is 5.32 Å². The number of nitrogens with zero attached hydrogens (tertiary/aromatic N) is 2. The van der Waals surface area contributed by atoms with Crippen molar-refractivity contribution in [3.8, 4) is 5.75 Å². The fourth-order valence-electron chi connectivity index (χ4n) is 2.01. The number of ether oxygens (including phenoxy) is 1. The molecule has 1 N–H and O–H groups in total. The molecule has 9 heteroatoms. The van der Waals surface area contributed by atoms with Gasteiger partial charge in [0.15, 0.2) is 5.75 Å². The molecule has 0 fully saturated rings. The van der Waals surface area contributed by atoms with Gasteiger partial charge >= 0.3 is 6.36 Å². The van der Waals surface area contributed by atoms with E-state index in [-0.39, 0.29) is 16.9 Å². The highest BCUT2D eigenvalue weighted by Crippen LogP contribution is 2.30. The van der Waals surface area contributed by atoms with Gasteiger partial charge in [-0.2, -0.15) is 5.10 Å². The van der Waals surface area contributed by atoms with Crippen molar-refractivity contribution in [2.45, 2.75) is 32.7 Å². The maximum absolute atomic E-state index is 12.4. The minimum absolute atomic E-state index is 0.0856. The first-order valence-electron chi connectivity index (χ1n) is 7.54. The predicted molar refractivity (Wildman–Crippen MR) is 84.5 cm³/mol. The molecule has 1 aromatic heterocycles. The quantitative estimate of drug-likeness (QED) is 0.864. The Bertz CT molecular complexity index is 803. The third-order valence-electron chi connectivity index (χ3n) is 3.18. The molecule has 0 aliphatic heterocycles. The van der Waals surface area contributed by atoms with Gasteiger partial charge in [-0.1, -0.05) is 25.5 Å². The highest BCUT2D eigenvalue weighted by molar-refractivity contribution is 6.03. The second-order valence-corrected chi connectivity index (χ2v) is 5.13. The van der Waals surface area contributed by atoms with Gasteiger partial charge in [0.1, 0.15) is 5.69 Å². The number of halogens is 3. The van der Waals surface area contributed by atoms with Crippen molar-refractivity contribution in [1.82, 2.24) is 9.78 Å². The van der Waals surface area contributed by atoms with Gasteiger partial charge in [0, 0.05) is 12.6 Å². The van der Waals surface area contributed by atoms with E-state index >= 15 is 0 Å². The topological polar surface area (TPSA) is 73.2 Å². The van der Waals surface area contributed by atoms with E-state index in [2.05, 4.69) is 15.2 Å². The van der Waals surface area contributed by atoms with E-state index in [0.29, 0.717) is 13.0 Å². The summed E-state index contributed by atoms with van der Waals surface area (Å²) in [5, 5.41) is 6.25. The summed E-state index contributed by atoms with van der Waals surface area (Å²) < 4.78 is 42.3. The molecule has 0 aliphatic rings. The van der Waals surface area contributed by atoms with E-state index in [1.54, 1.807) is 0 Å². The third kappa shape index (κ3) is 5.33. The van der Waals surface area contributed by atoms with Crippen LogP contribution in [0.3, 0.4) is 0 Å². The van der Waals surface area contributed by atoms with Crippen molar-refractivity contribution in [1.29, 1.82) is 0 Å². The number of unbranched alkanes of at least 4 members (excludes halogenated alkanes) is 1. The first-order valence-corrected chi connectivity index (χ1v) is 7.54. The predicted octanol–water partition coefficient (Wildman–Crippen LogP) is 3.19. The van der Waals surface area contributed by atoms with Crippen LogP contribution in [0.1, 0.15) is 30.3 Å². The van der Waals surface area contributed by atoms with Gasteiger partial charge in [-0.3, -0.25) is 9.59 Å². The fraction of sp³-hybridized carbons (Fsp3) is 0.312. The molecular weight excluding hydrogens is 339 g/mol. The number of carbonyl (C=O) groups excluding carboxylic acids is 1. The largest absolute Gasteiger partial charge is 0.573 e. The number of nitrogens with one attached hydrogen (secondary N) is 1. The van der Waals surface area contributed by atoms with E-state index in [1.807, 2.05) is 6.92 Å². The highest BCUT2D eigenvalue weighted by Gasteiger charge is 2.32. The molecule has 2 aromatic rings. The maximum atomic E-state index is 12.4. The SMILES string of the molecule is CCCCn1nc(C(=O)Nc2ccccc2OC(F)(F)F)ccc1=O. The lowest BCUT2D eigenvalue weighted by Gasteiger charge is -2.13. The van der Waals surface area contributed by atoms with Crippen molar-refractivity contribution in [2.24, 2.45) is 0 Å². The number of alkyl halides is 3. The van der Waals surface area contributed by atoms with Crippen molar-refractivity contribution < 1.29 is 22.7 Å². The second-order valence-electron chi connectivity index (χ2n) is 5.13. The molecule has 1 aromatic carbocycles. The monoisotopic (exact) mass is 355 g/mol. The lowest BCUT2D eigenvalue weighted by atomic mass is 10.2. The van der Waals surface area contributed by atoms with Crippen LogP contribution < -0.4 is 15.6 Å². The molecule has 0 bridgehead atoms. The summed E-state index contributed by atoms with van der Waals surface area (Å²) in [7, 11) is 0. The fourth-order valence-corrected chi connectivity index (χ4v) is 2.01. The Hall–Kier alpha value is -2.84. The molecule has 134 valence electrons. The molecule has 1 amide bonds. The lowest BCUT2D eigenvalue weighted by molar-refractivity contribution is -0.274. The normalized spacial score (nSPS) is 11.2. The average molecular weight is 355 g/mol. The average Bonchev–Trinajstić information content (AvgIpc) is 2.54. The molecule has 0 aliphatic carbocycles. The summed E-state index contributed by atoms with van der Waals surface area (Å²) in [5.41, 5.74) is -0.596. The second kappa shape index (κ2) is 7.82. The van der Waals surface area contributed by atoms with Crippen LogP contribution in [0.4, 0.5) is 18.9 Å². The zero-order valence-electron chi connectivity index (χ0n) is 13.3. The van der Waals surface area contributed by atoms with Gasteiger partial charge in [0.25, 0.3) is 11.5 Å². The van der Waals surface area contributed by atoms with Crippen molar-refractivity contribution in [3.05, 3.63) is 52.4 Å². The van der Waals surface area contributed by atoms with Gasteiger partial charge in [-0.15, -0.1) is 13.2 Å².